The average Bonchev–Trinajstić information content (AvgIpc) is 3.36. The average molecular weight is 516 g/mol. The number of fused-ring (bicyclic) bond motifs is 5. The Morgan fingerprint density at radius 3 is 2.54 bits per heavy atom. The Hall–Kier alpha value is -1.00. The largest absolute Gasteiger partial charge is 0.317 e. The predicted octanol–water partition coefficient (Wildman–Crippen LogP) is 8.26. The van der Waals surface area contributed by atoms with Crippen LogP contribution in [0.3, 0.4) is 0 Å². The Morgan fingerprint density at radius 2 is 1.89 bits per heavy atom. The first kappa shape index (κ1) is 30.5. The summed E-state index contributed by atoms with van der Waals surface area (Å²) in [6.07, 6.45) is 16.0. The number of alkyl halides is 1. The molecule has 5 aliphatic rings. The van der Waals surface area contributed by atoms with E-state index in [4.69, 9.17) is 5.41 Å². The van der Waals surface area contributed by atoms with Crippen molar-refractivity contribution in [1.82, 2.24) is 10.6 Å². The summed E-state index contributed by atoms with van der Waals surface area (Å²) in [4.78, 5) is 0. The SMILES string of the molecule is C.C=C1C=C2CCC3C(CCC4(C)C(C(C)=N)CCC34)C2(C)CC1.CCNCCCC1CC(C)(F)CN1. The normalized spacial score (nSPS) is 42.4. The number of halogens is 1. The van der Waals surface area contributed by atoms with Crippen LogP contribution in [0.2, 0.25) is 0 Å². The van der Waals surface area contributed by atoms with E-state index in [9.17, 15) is 4.39 Å². The smallest absolute Gasteiger partial charge is 0.122 e. The lowest BCUT2D eigenvalue weighted by Crippen LogP contribution is -2.50. The molecule has 1 heterocycles. The van der Waals surface area contributed by atoms with Crippen LogP contribution in [0.15, 0.2) is 23.8 Å². The van der Waals surface area contributed by atoms with Crippen molar-refractivity contribution in [1.29, 1.82) is 5.41 Å². The van der Waals surface area contributed by atoms with Gasteiger partial charge in [0.15, 0.2) is 0 Å². The molecule has 212 valence electrons. The zero-order valence-electron chi connectivity index (χ0n) is 23.9. The Bertz CT molecular complexity index is 847. The molecule has 3 N–H and O–H groups in total. The maximum Gasteiger partial charge on any atom is 0.122 e. The molecule has 1 aliphatic heterocycles. The Kier molecular flexibility index (Phi) is 9.93. The minimum Gasteiger partial charge on any atom is -0.317 e. The lowest BCUT2D eigenvalue weighted by Gasteiger charge is -2.58. The van der Waals surface area contributed by atoms with Gasteiger partial charge in [-0.05, 0) is 126 Å². The van der Waals surface area contributed by atoms with Gasteiger partial charge < -0.3 is 16.0 Å². The Labute approximate surface area is 228 Å². The summed E-state index contributed by atoms with van der Waals surface area (Å²) in [6.45, 7) is 17.8. The van der Waals surface area contributed by atoms with Crippen LogP contribution in [0.25, 0.3) is 0 Å². The highest BCUT2D eigenvalue weighted by atomic mass is 19.1. The lowest BCUT2D eigenvalue weighted by atomic mass is 9.46. The van der Waals surface area contributed by atoms with Gasteiger partial charge >= 0.3 is 0 Å². The third-order valence-corrected chi connectivity index (χ3v) is 11.2. The molecule has 3 nitrogen and oxygen atoms in total. The number of allylic oxidation sites excluding steroid dienone is 3. The van der Waals surface area contributed by atoms with Crippen molar-refractivity contribution in [3.8, 4) is 0 Å². The fourth-order valence-electron chi connectivity index (χ4n) is 9.23. The van der Waals surface area contributed by atoms with E-state index in [0.717, 1.165) is 49.4 Å². The van der Waals surface area contributed by atoms with E-state index in [1.165, 1.54) is 56.9 Å². The summed E-state index contributed by atoms with van der Waals surface area (Å²) >= 11 is 0. The summed E-state index contributed by atoms with van der Waals surface area (Å²) in [5.41, 5.74) is 3.92. The third kappa shape index (κ3) is 6.26. The van der Waals surface area contributed by atoms with Crippen molar-refractivity contribution >= 4 is 5.71 Å². The zero-order chi connectivity index (χ0) is 26.1. The lowest BCUT2D eigenvalue weighted by molar-refractivity contribution is -0.0417. The summed E-state index contributed by atoms with van der Waals surface area (Å²) in [7, 11) is 0. The molecular formula is C33H58FN3. The van der Waals surface area contributed by atoms with Gasteiger partial charge in [-0.1, -0.05) is 52.0 Å². The molecule has 8 atom stereocenters. The Morgan fingerprint density at radius 1 is 1.14 bits per heavy atom. The van der Waals surface area contributed by atoms with E-state index < -0.39 is 5.67 Å². The minimum absolute atomic E-state index is 0. The van der Waals surface area contributed by atoms with Gasteiger partial charge in [0.05, 0.1) is 0 Å². The second-order valence-corrected chi connectivity index (χ2v) is 13.7. The van der Waals surface area contributed by atoms with Crippen molar-refractivity contribution < 1.29 is 4.39 Å². The van der Waals surface area contributed by atoms with Crippen LogP contribution in [0.5, 0.6) is 0 Å². The first-order valence-electron chi connectivity index (χ1n) is 15.1. The van der Waals surface area contributed by atoms with Crippen LogP contribution in [-0.4, -0.2) is 37.1 Å². The summed E-state index contributed by atoms with van der Waals surface area (Å²) in [5.74, 6) is 3.23. The van der Waals surface area contributed by atoms with E-state index in [2.05, 4.69) is 51.0 Å². The molecule has 0 radical (unpaired) electrons. The van der Waals surface area contributed by atoms with E-state index in [-0.39, 0.29) is 7.43 Å². The molecule has 0 aromatic carbocycles. The molecule has 0 aromatic heterocycles. The van der Waals surface area contributed by atoms with Gasteiger partial charge in [0.25, 0.3) is 0 Å². The number of hydrogen-bond acceptors (Lipinski definition) is 3. The molecule has 0 amide bonds. The summed E-state index contributed by atoms with van der Waals surface area (Å²) < 4.78 is 13.4. The second kappa shape index (κ2) is 12.0. The molecule has 8 unspecified atom stereocenters. The van der Waals surface area contributed by atoms with Crippen LogP contribution in [0.4, 0.5) is 4.39 Å². The molecule has 37 heavy (non-hydrogen) atoms. The molecule has 4 aliphatic carbocycles. The standard InChI is InChI=1S/C22H33N.C10H21FN2.CH4/c1-14-9-11-21(3)16(13-14)5-6-17-19-8-7-18(15(2)23)22(19,4)12-10-20(17)21;1-3-12-6-4-5-9-7-10(2,11)8-13-9;/h13,17-20,23H,1,5-12H2,2-4H3;9,12-13H,3-8H2,1-2H3;1H4. The maximum absolute atomic E-state index is 13.4. The molecule has 4 heteroatoms. The highest BCUT2D eigenvalue weighted by Crippen LogP contribution is 2.66. The highest BCUT2D eigenvalue weighted by Gasteiger charge is 2.58. The van der Waals surface area contributed by atoms with Gasteiger partial charge in [0.1, 0.15) is 5.67 Å². The van der Waals surface area contributed by atoms with E-state index in [0.29, 0.717) is 35.8 Å². The predicted molar refractivity (Wildman–Crippen MR) is 158 cm³/mol. The van der Waals surface area contributed by atoms with E-state index in [1.807, 2.05) is 0 Å². The van der Waals surface area contributed by atoms with Crippen LogP contribution >= 0.6 is 0 Å². The second-order valence-electron chi connectivity index (χ2n) is 13.7. The number of rotatable bonds is 6. The number of nitrogens with one attached hydrogen (secondary N) is 3. The van der Waals surface area contributed by atoms with Gasteiger partial charge in [-0.15, -0.1) is 0 Å². The third-order valence-electron chi connectivity index (χ3n) is 11.2. The van der Waals surface area contributed by atoms with Gasteiger partial charge in [-0.25, -0.2) is 4.39 Å². The zero-order valence-corrected chi connectivity index (χ0v) is 23.9. The van der Waals surface area contributed by atoms with Crippen LogP contribution < -0.4 is 10.6 Å². The van der Waals surface area contributed by atoms with E-state index in [1.54, 1.807) is 12.5 Å². The van der Waals surface area contributed by atoms with Crippen molar-refractivity contribution in [3.05, 3.63) is 23.8 Å². The first-order chi connectivity index (χ1) is 17.0. The van der Waals surface area contributed by atoms with Gasteiger partial charge in [-0.3, -0.25) is 0 Å². The fraction of sp³-hybridized carbons (Fsp3) is 0.848. The van der Waals surface area contributed by atoms with Crippen molar-refractivity contribution in [2.24, 2.45) is 34.5 Å². The Balaban J connectivity index is 0.000000234. The summed E-state index contributed by atoms with van der Waals surface area (Å²) in [6, 6.07) is 0.397. The van der Waals surface area contributed by atoms with Gasteiger partial charge in [0.2, 0.25) is 0 Å². The van der Waals surface area contributed by atoms with Gasteiger partial charge in [-0.2, -0.15) is 0 Å². The molecule has 4 fully saturated rings. The molecule has 5 rings (SSSR count). The van der Waals surface area contributed by atoms with E-state index >= 15 is 0 Å². The van der Waals surface area contributed by atoms with Crippen molar-refractivity contribution in [2.75, 3.05) is 19.6 Å². The fourth-order valence-corrected chi connectivity index (χ4v) is 9.23. The molecule has 0 aromatic rings. The maximum atomic E-state index is 13.4. The van der Waals surface area contributed by atoms with Crippen molar-refractivity contribution in [2.45, 2.75) is 124 Å². The van der Waals surface area contributed by atoms with Crippen LogP contribution in [-0.2, 0) is 0 Å². The van der Waals surface area contributed by atoms with Gasteiger partial charge in [0, 0.05) is 24.2 Å². The molecule has 0 bridgehead atoms. The topological polar surface area (TPSA) is 47.9 Å². The highest BCUT2D eigenvalue weighted by molar-refractivity contribution is 5.82. The monoisotopic (exact) mass is 515 g/mol. The minimum atomic E-state index is -0.969. The van der Waals surface area contributed by atoms with Crippen LogP contribution in [0, 0.1) is 39.9 Å². The van der Waals surface area contributed by atoms with Crippen molar-refractivity contribution in [3.63, 3.8) is 0 Å². The molecule has 3 saturated carbocycles. The van der Waals surface area contributed by atoms with Crippen LogP contribution in [0.1, 0.15) is 113 Å². The summed E-state index contributed by atoms with van der Waals surface area (Å²) in [5, 5.41) is 14.8. The number of hydrogen-bond donors (Lipinski definition) is 3. The molecule has 1 saturated heterocycles. The quantitative estimate of drug-likeness (QED) is 0.246. The molecule has 0 spiro atoms. The molecular weight excluding hydrogens is 457 g/mol. The first-order valence-corrected chi connectivity index (χ1v) is 15.1.